The highest BCUT2D eigenvalue weighted by molar-refractivity contribution is 7.90. The van der Waals surface area contributed by atoms with Crippen LogP contribution >= 0.6 is 0 Å². The summed E-state index contributed by atoms with van der Waals surface area (Å²) in [6.07, 6.45) is 1.78. The van der Waals surface area contributed by atoms with Gasteiger partial charge in [0.25, 0.3) is 0 Å². The zero-order valence-corrected chi connectivity index (χ0v) is 13.0. The molecule has 0 aliphatic rings. The Morgan fingerprint density at radius 1 is 1.48 bits per heavy atom. The van der Waals surface area contributed by atoms with Gasteiger partial charge in [0.15, 0.2) is 5.84 Å². The van der Waals surface area contributed by atoms with Crippen LogP contribution in [0.1, 0.15) is 17.5 Å². The van der Waals surface area contributed by atoms with E-state index in [1.165, 1.54) is 13.4 Å². The number of nitrogens with two attached hydrogens (primary N) is 1. The van der Waals surface area contributed by atoms with E-state index in [-0.39, 0.29) is 11.6 Å². The van der Waals surface area contributed by atoms with E-state index in [9.17, 15) is 8.42 Å². The van der Waals surface area contributed by atoms with Gasteiger partial charge in [-0.25, -0.2) is 8.42 Å². The molecule has 7 nitrogen and oxygen atoms in total. The Kier molecular flexibility index (Phi) is 6.44. The number of methoxy groups -OCH3 is 1. The van der Waals surface area contributed by atoms with Gasteiger partial charge in [-0.05, 0) is 30.7 Å². The van der Waals surface area contributed by atoms with Crippen LogP contribution in [0, 0.1) is 0 Å². The summed E-state index contributed by atoms with van der Waals surface area (Å²) in [6, 6.07) is 5.36. The molecule has 21 heavy (non-hydrogen) atoms. The van der Waals surface area contributed by atoms with Crippen LogP contribution in [0.15, 0.2) is 23.4 Å². The maximum atomic E-state index is 11.0. The van der Waals surface area contributed by atoms with Crippen LogP contribution in [0.2, 0.25) is 0 Å². The Morgan fingerprint density at radius 2 is 2.19 bits per heavy atom. The predicted octanol–water partition coefficient (Wildman–Crippen LogP) is 0.314. The molecule has 0 amide bonds. The van der Waals surface area contributed by atoms with E-state index >= 15 is 0 Å². The molecule has 0 aliphatic carbocycles. The smallest absolute Gasteiger partial charge is 0.173 e. The number of hydrogen-bond acceptors (Lipinski definition) is 6. The van der Waals surface area contributed by atoms with Crippen molar-refractivity contribution >= 4 is 15.7 Å². The topological polar surface area (TPSA) is 114 Å². The van der Waals surface area contributed by atoms with Crippen LogP contribution in [0.3, 0.4) is 0 Å². The first-order valence-electron chi connectivity index (χ1n) is 6.40. The van der Waals surface area contributed by atoms with Crippen LogP contribution in [0.4, 0.5) is 0 Å². The minimum Gasteiger partial charge on any atom is -0.496 e. The molecule has 1 aromatic rings. The molecule has 0 heterocycles. The highest BCUT2D eigenvalue weighted by Crippen LogP contribution is 2.19. The maximum absolute atomic E-state index is 11.0. The van der Waals surface area contributed by atoms with Gasteiger partial charge >= 0.3 is 0 Å². The van der Waals surface area contributed by atoms with Crippen molar-refractivity contribution in [1.29, 1.82) is 0 Å². The number of sulfone groups is 1. The standard InChI is InChI=1S/C13H21N3O4S/c1-20-12-5-4-10(8-11(12)13(14)16-17)9-15-6-3-7-21(2,18)19/h4-5,8,15,17H,3,6-7,9H2,1-2H3,(H2,14,16). The molecule has 1 aromatic carbocycles. The van der Waals surface area contributed by atoms with Gasteiger partial charge in [0, 0.05) is 12.8 Å². The van der Waals surface area contributed by atoms with Crippen molar-refractivity contribution in [2.45, 2.75) is 13.0 Å². The van der Waals surface area contributed by atoms with Crippen LogP contribution in [0.25, 0.3) is 0 Å². The number of benzene rings is 1. The van der Waals surface area contributed by atoms with Crippen molar-refractivity contribution < 1.29 is 18.4 Å². The number of rotatable bonds is 8. The second-order valence-electron chi connectivity index (χ2n) is 4.68. The number of nitrogens with zero attached hydrogens (tertiary/aromatic N) is 1. The lowest BCUT2D eigenvalue weighted by Crippen LogP contribution is -2.19. The van der Waals surface area contributed by atoms with Crippen molar-refractivity contribution in [3.05, 3.63) is 29.3 Å². The first kappa shape index (κ1) is 17.3. The van der Waals surface area contributed by atoms with Crippen molar-refractivity contribution in [3.63, 3.8) is 0 Å². The molecular weight excluding hydrogens is 294 g/mol. The van der Waals surface area contributed by atoms with Gasteiger partial charge < -0.3 is 21.0 Å². The third-order valence-electron chi connectivity index (χ3n) is 2.85. The summed E-state index contributed by atoms with van der Waals surface area (Å²) in [5.74, 6) is 0.662. The monoisotopic (exact) mass is 315 g/mol. The fourth-order valence-corrected chi connectivity index (χ4v) is 2.48. The van der Waals surface area contributed by atoms with E-state index in [1.54, 1.807) is 12.1 Å². The minimum absolute atomic E-state index is 0.0224. The molecule has 1 rings (SSSR count). The molecule has 118 valence electrons. The summed E-state index contributed by atoms with van der Waals surface area (Å²) in [5, 5.41) is 14.9. The van der Waals surface area contributed by atoms with Gasteiger partial charge in [0.05, 0.1) is 18.4 Å². The summed E-state index contributed by atoms with van der Waals surface area (Å²) in [7, 11) is -1.41. The highest BCUT2D eigenvalue weighted by Gasteiger charge is 2.09. The van der Waals surface area contributed by atoms with Crippen LogP contribution < -0.4 is 15.8 Å². The number of nitrogens with one attached hydrogen (secondary N) is 1. The van der Waals surface area contributed by atoms with E-state index in [1.807, 2.05) is 6.07 Å². The Balaban J connectivity index is 2.60. The predicted molar refractivity (Wildman–Crippen MR) is 81.5 cm³/mol. The third kappa shape index (κ3) is 6.01. The van der Waals surface area contributed by atoms with E-state index in [2.05, 4.69) is 10.5 Å². The van der Waals surface area contributed by atoms with Crippen molar-refractivity contribution in [1.82, 2.24) is 5.32 Å². The second kappa shape index (κ2) is 7.84. The fraction of sp³-hybridized carbons (Fsp3) is 0.462. The molecular formula is C13H21N3O4S. The van der Waals surface area contributed by atoms with Crippen molar-refractivity contribution in [3.8, 4) is 5.75 Å². The SMILES string of the molecule is COc1ccc(CNCCCS(C)(=O)=O)cc1C(N)=NO. The molecule has 0 aliphatic heterocycles. The quantitative estimate of drug-likeness (QED) is 0.209. The lowest BCUT2D eigenvalue weighted by Gasteiger charge is -2.10. The van der Waals surface area contributed by atoms with Gasteiger partial charge in [-0.3, -0.25) is 0 Å². The Labute approximate surface area is 124 Å². The summed E-state index contributed by atoms with van der Waals surface area (Å²) >= 11 is 0. The number of oxime groups is 1. The Hall–Kier alpha value is -1.80. The van der Waals surface area contributed by atoms with Gasteiger partial charge in [-0.2, -0.15) is 0 Å². The lowest BCUT2D eigenvalue weighted by atomic mass is 10.1. The number of amidine groups is 1. The zero-order chi connectivity index (χ0) is 15.9. The average molecular weight is 315 g/mol. The zero-order valence-electron chi connectivity index (χ0n) is 12.2. The molecule has 0 radical (unpaired) electrons. The number of ether oxygens (including phenoxy) is 1. The van der Waals surface area contributed by atoms with E-state index in [0.717, 1.165) is 5.56 Å². The van der Waals surface area contributed by atoms with Crippen molar-refractivity contribution in [2.24, 2.45) is 10.9 Å². The van der Waals surface area contributed by atoms with E-state index in [0.29, 0.717) is 30.8 Å². The average Bonchev–Trinajstić information content (AvgIpc) is 2.44. The molecule has 4 N–H and O–H groups in total. The summed E-state index contributed by atoms with van der Waals surface area (Å²) in [5.41, 5.74) is 7.03. The summed E-state index contributed by atoms with van der Waals surface area (Å²) in [6.45, 7) is 1.15. The van der Waals surface area contributed by atoms with E-state index in [4.69, 9.17) is 15.7 Å². The minimum atomic E-state index is -2.92. The Bertz CT molecular complexity index is 599. The van der Waals surface area contributed by atoms with Gasteiger partial charge in [-0.15, -0.1) is 0 Å². The van der Waals surface area contributed by atoms with Crippen LogP contribution in [-0.4, -0.2) is 45.1 Å². The number of hydrogen-bond donors (Lipinski definition) is 3. The molecule has 0 atom stereocenters. The highest BCUT2D eigenvalue weighted by atomic mass is 32.2. The van der Waals surface area contributed by atoms with Crippen LogP contribution in [0.5, 0.6) is 5.75 Å². The summed E-state index contributed by atoms with van der Waals surface area (Å²) < 4.78 is 27.1. The molecule has 0 unspecified atom stereocenters. The Morgan fingerprint density at radius 3 is 2.76 bits per heavy atom. The summed E-state index contributed by atoms with van der Waals surface area (Å²) in [4.78, 5) is 0. The molecule has 0 aromatic heterocycles. The molecule has 0 fully saturated rings. The third-order valence-corrected chi connectivity index (χ3v) is 3.88. The largest absolute Gasteiger partial charge is 0.496 e. The van der Waals surface area contributed by atoms with Crippen LogP contribution in [-0.2, 0) is 16.4 Å². The van der Waals surface area contributed by atoms with Gasteiger partial charge in [-0.1, -0.05) is 11.2 Å². The van der Waals surface area contributed by atoms with Gasteiger partial charge in [0.2, 0.25) is 0 Å². The fourth-order valence-electron chi connectivity index (χ4n) is 1.81. The normalized spacial score (nSPS) is 12.4. The molecule has 0 saturated heterocycles. The molecule has 0 saturated carbocycles. The molecule has 8 heteroatoms. The first-order valence-corrected chi connectivity index (χ1v) is 8.46. The lowest BCUT2D eigenvalue weighted by molar-refractivity contribution is 0.318. The van der Waals surface area contributed by atoms with Gasteiger partial charge in [0.1, 0.15) is 15.6 Å². The second-order valence-corrected chi connectivity index (χ2v) is 6.94. The maximum Gasteiger partial charge on any atom is 0.173 e. The first-order chi connectivity index (χ1) is 9.87. The van der Waals surface area contributed by atoms with Crippen molar-refractivity contribution in [2.75, 3.05) is 25.7 Å². The van der Waals surface area contributed by atoms with E-state index < -0.39 is 9.84 Å². The molecule has 0 spiro atoms. The molecule has 0 bridgehead atoms.